The van der Waals surface area contributed by atoms with Gasteiger partial charge in [0.1, 0.15) is 28.6 Å². The van der Waals surface area contributed by atoms with Crippen LogP contribution >= 0.6 is 0 Å². The summed E-state index contributed by atoms with van der Waals surface area (Å²) in [6, 6.07) is 5.56. The first-order chi connectivity index (χ1) is 19.3. The van der Waals surface area contributed by atoms with E-state index in [9.17, 15) is 9.50 Å². The fourth-order valence-corrected chi connectivity index (χ4v) is 5.46. The highest BCUT2D eigenvalue weighted by Crippen LogP contribution is 2.46. The summed E-state index contributed by atoms with van der Waals surface area (Å²) in [4.78, 5) is 17.7. The Labute approximate surface area is 230 Å². The zero-order chi connectivity index (χ0) is 28.0. The topological polar surface area (TPSA) is 83.8 Å². The molecule has 2 aromatic heterocycles. The summed E-state index contributed by atoms with van der Waals surface area (Å²) in [6.45, 7) is 3.45. The fourth-order valence-electron chi connectivity index (χ4n) is 5.46. The molecule has 2 fully saturated rings. The van der Waals surface area contributed by atoms with Gasteiger partial charge in [-0.05, 0) is 50.5 Å². The summed E-state index contributed by atoms with van der Waals surface area (Å²) in [5, 5.41) is 11.6. The Morgan fingerprint density at radius 1 is 1.18 bits per heavy atom. The number of fused-ring (bicyclic) bond motifs is 2. The van der Waals surface area contributed by atoms with Gasteiger partial charge in [0.25, 0.3) is 0 Å². The number of pyridine rings is 1. The van der Waals surface area contributed by atoms with Gasteiger partial charge in [0.05, 0.1) is 30.8 Å². The Balaban J connectivity index is 1.51. The van der Waals surface area contributed by atoms with Gasteiger partial charge in [-0.15, -0.1) is 6.42 Å². The molecule has 0 bridgehead atoms. The highest BCUT2D eigenvalue weighted by Gasteiger charge is 2.44. The summed E-state index contributed by atoms with van der Waals surface area (Å²) in [6.07, 6.45) is 9.21. The molecule has 1 aliphatic carbocycles. The maximum absolute atomic E-state index is 16.5. The van der Waals surface area contributed by atoms with Crippen LogP contribution in [0.25, 0.3) is 32.9 Å². The van der Waals surface area contributed by atoms with E-state index in [4.69, 9.17) is 15.9 Å². The van der Waals surface area contributed by atoms with E-state index in [0.717, 1.165) is 19.4 Å². The second-order valence-corrected chi connectivity index (χ2v) is 10.8. The molecule has 6 rings (SSSR count). The van der Waals surface area contributed by atoms with Crippen molar-refractivity contribution in [2.45, 2.75) is 12.8 Å². The number of phenols is 1. The van der Waals surface area contributed by atoms with Crippen LogP contribution in [0.5, 0.6) is 11.8 Å². The van der Waals surface area contributed by atoms with E-state index in [2.05, 4.69) is 25.8 Å². The molecule has 4 aromatic rings. The number of anilines is 1. The number of hydrogen-bond donors (Lipinski definition) is 1. The molecule has 0 radical (unpaired) electrons. The van der Waals surface area contributed by atoms with Crippen LogP contribution in [0.1, 0.15) is 18.4 Å². The highest BCUT2D eigenvalue weighted by molar-refractivity contribution is 6.03. The predicted octanol–water partition coefficient (Wildman–Crippen LogP) is 4.37. The van der Waals surface area contributed by atoms with E-state index in [0.29, 0.717) is 49.5 Å². The van der Waals surface area contributed by atoms with E-state index < -0.39 is 11.6 Å². The van der Waals surface area contributed by atoms with Crippen molar-refractivity contribution in [3.05, 3.63) is 47.7 Å². The van der Waals surface area contributed by atoms with Gasteiger partial charge >= 0.3 is 6.01 Å². The molecule has 0 amide bonds. The molecule has 1 saturated carbocycles. The van der Waals surface area contributed by atoms with Crippen molar-refractivity contribution in [1.82, 2.24) is 19.9 Å². The number of nitrogens with zero attached hydrogens (tertiary/aromatic N) is 5. The normalized spacial score (nSPS) is 16.4. The number of ether oxygens (including phenoxy) is 2. The molecule has 2 aromatic carbocycles. The first-order valence-electron chi connectivity index (χ1n) is 13.2. The molecule has 8 nitrogen and oxygen atoms in total. The molecule has 1 aliphatic heterocycles. The van der Waals surface area contributed by atoms with Crippen molar-refractivity contribution in [2.24, 2.45) is 5.41 Å². The Hall–Kier alpha value is -4.07. The van der Waals surface area contributed by atoms with Crippen molar-refractivity contribution in [3.8, 4) is 35.4 Å². The minimum atomic E-state index is -0.743. The Morgan fingerprint density at radius 3 is 2.65 bits per heavy atom. The maximum Gasteiger partial charge on any atom is 0.319 e. The summed E-state index contributed by atoms with van der Waals surface area (Å²) in [5.74, 6) is 1.38. The van der Waals surface area contributed by atoms with Gasteiger partial charge in [-0.1, -0.05) is 12.0 Å². The van der Waals surface area contributed by atoms with Crippen LogP contribution in [0, 0.1) is 29.4 Å². The molecule has 1 saturated heterocycles. The fraction of sp³-hybridized carbons (Fsp3) is 0.367. The van der Waals surface area contributed by atoms with Gasteiger partial charge in [0, 0.05) is 42.2 Å². The van der Waals surface area contributed by atoms with Crippen molar-refractivity contribution in [2.75, 3.05) is 58.5 Å². The molecule has 0 spiro atoms. The third-order valence-corrected chi connectivity index (χ3v) is 7.52. The van der Waals surface area contributed by atoms with E-state index in [-0.39, 0.29) is 44.9 Å². The lowest BCUT2D eigenvalue weighted by atomic mass is 9.96. The number of rotatable bonds is 7. The van der Waals surface area contributed by atoms with Gasteiger partial charge in [-0.3, -0.25) is 4.98 Å². The Kier molecular flexibility index (Phi) is 6.64. The Bertz CT molecular complexity index is 1660. The quantitative estimate of drug-likeness (QED) is 0.343. The lowest BCUT2D eigenvalue weighted by molar-refractivity contribution is 0.122. The standard InChI is InChI=1S/C30H29F2N5O3/c1-4-20-23(31)6-5-18-13-19(38)14-21(24(18)20)26-25(32)27-22(15-33-26)28(37-9-11-39-12-10-37)35-29(34-27)40-17-30(7-8-30)16-36(2)3/h1,5-6,13-15,38H,7-12,16-17H2,2-3H3. The number of phenolic OH excluding ortho intramolecular Hbond substituents is 1. The van der Waals surface area contributed by atoms with Crippen molar-refractivity contribution < 1.29 is 23.4 Å². The summed E-state index contributed by atoms with van der Waals surface area (Å²) >= 11 is 0. The molecule has 2 aliphatic rings. The molecule has 10 heteroatoms. The van der Waals surface area contributed by atoms with Crippen LogP contribution in [-0.4, -0.2) is 78.5 Å². The number of morpholine rings is 1. The summed E-state index contributed by atoms with van der Waals surface area (Å²) in [7, 11) is 4.05. The van der Waals surface area contributed by atoms with Crippen LogP contribution < -0.4 is 9.64 Å². The molecular weight excluding hydrogens is 516 g/mol. The maximum atomic E-state index is 16.5. The van der Waals surface area contributed by atoms with E-state index in [1.807, 2.05) is 19.0 Å². The minimum Gasteiger partial charge on any atom is -0.508 e. The van der Waals surface area contributed by atoms with Crippen LogP contribution in [0.4, 0.5) is 14.6 Å². The largest absolute Gasteiger partial charge is 0.508 e. The molecule has 3 heterocycles. The number of benzene rings is 2. The smallest absolute Gasteiger partial charge is 0.319 e. The second-order valence-electron chi connectivity index (χ2n) is 10.8. The third kappa shape index (κ3) is 4.76. The lowest BCUT2D eigenvalue weighted by Crippen LogP contribution is -2.37. The molecule has 1 N–H and O–H groups in total. The summed E-state index contributed by atoms with van der Waals surface area (Å²) in [5.41, 5.74) is 0.0614. The van der Waals surface area contributed by atoms with Gasteiger partial charge in [0.15, 0.2) is 5.82 Å². The van der Waals surface area contributed by atoms with E-state index >= 15 is 4.39 Å². The number of aromatic nitrogens is 3. The number of terminal acetylenes is 1. The monoisotopic (exact) mass is 545 g/mol. The molecule has 40 heavy (non-hydrogen) atoms. The third-order valence-electron chi connectivity index (χ3n) is 7.52. The average Bonchev–Trinajstić information content (AvgIpc) is 3.71. The minimum absolute atomic E-state index is 0.0177. The molecule has 0 atom stereocenters. The zero-order valence-corrected chi connectivity index (χ0v) is 22.4. The first-order valence-corrected chi connectivity index (χ1v) is 13.2. The first kappa shape index (κ1) is 26.2. The van der Waals surface area contributed by atoms with Crippen molar-refractivity contribution in [1.29, 1.82) is 0 Å². The van der Waals surface area contributed by atoms with Gasteiger partial charge < -0.3 is 24.4 Å². The zero-order valence-electron chi connectivity index (χ0n) is 22.4. The van der Waals surface area contributed by atoms with Gasteiger partial charge in [-0.25, -0.2) is 8.78 Å². The second kappa shape index (κ2) is 10.2. The molecule has 206 valence electrons. The Morgan fingerprint density at radius 2 is 1.95 bits per heavy atom. The number of aromatic hydroxyl groups is 1. The van der Waals surface area contributed by atoms with Gasteiger partial charge in [0.2, 0.25) is 0 Å². The predicted molar refractivity (Wildman–Crippen MR) is 149 cm³/mol. The van der Waals surface area contributed by atoms with Crippen LogP contribution in [0.15, 0.2) is 30.5 Å². The lowest BCUT2D eigenvalue weighted by Gasteiger charge is -2.29. The molecule has 0 unspecified atom stereocenters. The van der Waals surface area contributed by atoms with Crippen molar-refractivity contribution >= 4 is 27.5 Å². The highest BCUT2D eigenvalue weighted by atomic mass is 19.1. The van der Waals surface area contributed by atoms with Crippen LogP contribution in [-0.2, 0) is 4.74 Å². The summed E-state index contributed by atoms with van der Waals surface area (Å²) < 4.78 is 42.7. The van der Waals surface area contributed by atoms with Crippen LogP contribution in [0.3, 0.4) is 0 Å². The number of hydrogen-bond acceptors (Lipinski definition) is 8. The van der Waals surface area contributed by atoms with Gasteiger partial charge in [-0.2, -0.15) is 9.97 Å². The van der Waals surface area contributed by atoms with Crippen LogP contribution in [0.2, 0.25) is 0 Å². The van der Waals surface area contributed by atoms with Crippen molar-refractivity contribution in [3.63, 3.8) is 0 Å². The number of halogens is 2. The van der Waals surface area contributed by atoms with E-state index in [1.165, 1.54) is 30.5 Å². The molecular formula is C30H29F2N5O3. The SMILES string of the molecule is C#Cc1c(F)ccc2cc(O)cc(-c3ncc4c(N5CCOCC5)nc(OCC5(CN(C)C)CC5)nc4c3F)c12. The van der Waals surface area contributed by atoms with E-state index in [1.54, 1.807) is 0 Å². The average molecular weight is 546 g/mol.